The third-order valence-corrected chi connectivity index (χ3v) is 5.55. The molecular formula is C19H20N2OS. The summed E-state index contributed by atoms with van der Waals surface area (Å²) in [6, 6.07) is 12.9. The number of hydrogen-bond acceptors (Lipinski definition) is 3. The van der Waals surface area contributed by atoms with Gasteiger partial charge in [0.15, 0.2) is 0 Å². The molecule has 0 spiro atoms. The molecule has 2 aromatic rings. The molecule has 1 atom stereocenters. The maximum absolute atomic E-state index is 11.9. The van der Waals surface area contributed by atoms with Gasteiger partial charge >= 0.3 is 0 Å². The minimum atomic E-state index is 0.00204. The van der Waals surface area contributed by atoms with Crippen molar-refractivity contribution in [3.8, 4) is 6.07 Å². The molecule has 1 aromatic heterocycles. The highest BCUT2D eigenvalue weighted by Crippen LogP contribution is 2.42. The zero-order valence-electron chi connectivity index (χ0n) is 13.3. The van der Waals surface area contributed by atoms with Gasteiger partial charge in [0.25, 0.3) is 0 Å². The second-order valence-corrected chi connectivity index (χ2v) is 7.07. The molecule has 1 aliphatic carbocycles. The topological polar surface area (TPSA) is 52.9 Å². The lowest BCUT2D eigenvalue weighted by Gasteiger charge is -2.22. The minimum Gasteiger partial charge on any atom is -0.317 e. The Morgan fingerprint density at radius 1 is 1.39 bits per heavy atom. The van der Waals surface area contributed by atoms with Crippen molar-refractivity contribution in [2.45, 2.75) is 44.9 Å². The molecule has 0 saturated heterocycles. The van der Waals surface area contributed by atoms with Crippen molar-refractivity contribution < 1.29 is 4.79 Å². The molecule has 3 nitrogen and oxygen atoms in total. The van der Waals surface area contributed by atoms with Crippen LogP contribution in [0.5, 0.6) is 0 Å². The normalized spacial score (nSPS) is 16.4. The van der Waals surface area contributed by atoms with Crippen molar-refractivity contribution in [3.63, 3.8) is 0 Å². The number of nitrogens with zero attached hydrogens (tertiary/aromatic N) is 1. The number of nitriles is 1. The lowest BCUT2D eigenvalue weighted by atomic mass is 9.83. The maximum Gasteiger partial charge on any atom is 0.224 e. The molecule has 1 unspecified atom stereocenters. The average molecular weight is 324 g/mol. The summed E-state index contributed by atoms with van der Waals surface area (Å²) >= 11 is 1.58. The lowest BCUT2D eigenvalue weighted by Crippen LogP contribution is -2.12. The number of fused-ring (bicyclic) bond motifs is 1. The lowest BCUT2D eigenvalue weighted by molar-refractivity contribution is -0.116. The van der Waals surface area contributed by atoms with Crippen LogP contribution in [-0.2, 0) is 17.6 Å². The fraction of sp³-hybridized carbons (Fsp3) is 0.368. The Kier molecular flexibility index (Phi) is 4.78. The number of hydrogen-bond donors (Lipinski definition) is 1. The summed E-state index contributed by atoms with van der Waals surface area (Å²) in [5.74, 6) is 0.510. The third kappa shape index (κ3) is 3.30. The van der Waals surface area contributed by atoms with E-state index in [4.69, 9.17) is 0 Å². The number of carbonyl (C=O) groups is 1. The van der Waals surface area contributed by atoms with E-state index in [1.54, 1.807) is 11.3 Å². The van der Waals surface area contributed by atoms with Gasteiger partial charge in [-0.2, -0.15) is 5.26 Å². The smallest absolute Gasteiger partial charge is 0.224 e. The summed E-state index contributed by atoms with van der Waals surface area (Å²) in [5, 5.41) is 13.2. The molecule has 3 rings (SSSR count). The highest BCUT2D eigenvalue weighted by Gasteiger charge is 2.27. The second-order valence-electron chi connectivity index (χ2n) is 5.97. The molecule has 1 aliphatic rings. The van der Waals surface area contributed by atoms with E-state index in [-0.39, 0.29) is 5.91 Å². The number of anilines is 1. The molecule has 23 heavy (non-hydrogen) atoms. The van der Waals surface area contributed by atoms with E-state index in [1.807, 2.05) is 13.0 Å². The van der Waals surface area contributed by atoms with E-state index in [1.165, 1.54) is 10.4 Å². The highest BCUT2D eigenvalue weighted by molar-refractivity contribution is 7.16. The van der Waals surface area contributed by atoms with E-state index in [0.29, 0.717) is 17.9 Å². The zero-order valence-corrected chi connectivity index (χ0v) is 14.1. The van der Waals surface area contributed by atoms with Crippen LogP contribution in [0.2, 0.25) is 0 Å². The summed E-state index contributed by atoms with van der Waals surface area (Å²) in [4.78, 5) is 13.1. The van der Waals surface area contributed by atoms with Gasteiger partial charge in [-0.15, -0.1) is 11.3 Å². The van der Waals surface area contributed by atoms with Crippen molar-refractivity contribution in [1.82, 2.24) is 0 Å². The number of amides is 1. The molecular weight excluding hydrogens is 304 g/mol. The van der Waals surface area contributed by atoms with Gasteiger partial charge < -0.3 is 5.32 Å². The zero-order chi connectivity index (χ0) is 16.2. The predicted molar refractivity (Wildman–Crippen MR) is 93.8 cm³/mol. The van der Waals surface area contributed by atoms with Gasteiger partial charge in [0.05, 0.1) is 5.56 Å². The first kappa shape index (κ1) is 15.8. The van der Waals surface area contributed by atoms with Crippen LogP contribution >= 0.6 is 11.3 Å². The van der Waals surface area contributed by atoms with Crippen molar-refractivity contribution in [1.29, 1.82) is 5.26 Å². The molecule has 0 bridgehead atoms. The number of rotatable bonds is 4. The Morgan fingerprint density at radius 3 is 2.87 bits per heavy atom. The van der Waals surface area contributed by atoms with Gasteiger partial charge in [-0.1, -0.05) is 37.3 Å². The maximum atomic E-state index is 11.9. The predicted octanol–water partition coefficient (Wildman–Crippen LogP) is 4.63. The number of nitrogens with one attached hydrogen (secondary N) is 1. The Balaban J connectivity index is 1.85. The fourth-order valence-corrected chi connectivity index (χ4v) is 4.51. The van der Waals surface area contributed by atoms with Gasteiger partial charge in [0, 0.05) is 11.3 Å². The molecule has 4 heteroatoms. The van der Waals surface area contributed by atoms with Crippen LogP contribution in [0, 0.1) is 11.3 Å². The Morgan fingerprint density at radius 2 is 2.17 bits per heavy atom. The summed E-state index contributed by atoms with van der Waals surface area (Å²) in [5.41, 5.74) is 3.19. The van der Waals surface area contributed by atoms with Gasteiger partial charge in [-0.25, -0.2) is 0 Å². The van der Waals surface area contributed by atoms with Crippen molar-refractivity contribution in [3.05, 3.63) is 51.9 Å². The van der Waals surface area contributed by atoms with Crippen LogP contribution in [0.3, 0.4) is 0 Å². The van der Waals surface area contributed by atoms with E-state index in [0.717, 1.165) is 36.2 Å². The largest absolute Gasteiger partial charge is 0.317 e. The average Bonchev–Trinajstić information content (AvgIpc) is 2.91. The minimum absolute atomic E-state index is 0.00204. The number of benzene rings is 1. The monoisotopic (exact) mass is 324 g/mol. The first-order chi connectivity index (χ1) is 11.2. The first-order valence-electron chi connectivity index (χ1n) is 8.12. The fourth-order valence-electron chi connectivity index (χ4n) is 3.22. The molecule has 1 heterocycles. The van der Waals surface area contributed by atoms with Gasteiger partial charge in [-0.3, -0.25) is 4.79 Å². The molecule has 1 N–H and O–H groups in total. The first-order valence-corrected chi connectivity index (χ1v) is 8.94. The van der Waals surface area contributed by atoms with Crippen LogP contribution in [-0.4, -0.2) is 5.91 Å². The van der Waals surface area contributed by atoms with E-state index in [2.05, 4.69) is 35.7 Å². The second kappa shape index (κ2) is 6.97. The Hall–Kier alpha value is -2.12. The molecule has 0 fully saturated rings. The highest BCUT2D eigenvalue weighted by atomic mass is 32.1. The summed E-state index contributed by atoms with van der Waals surface area (Å²) in [7, 11) is 0. The number of carbonyl (C=O) groups excluding carboxylic acids is 1. The quantitative estimate of drug-likeness (QED) is 0.891. The van der Waals surface area contributed by atoms with E-state index in [9.17, 15) is 10.1 Å². The summed E-state index contributed by atoms with van der Waals surface area (Å²) in [6.45, 7) is 1.98. The molecule has 0 radical (unpaired) electrons. The standard InChI is InChI=1S/C19H20N2OS/c1-2-6-18(22)21-19-16(12-20)15-10-9-14(11-17(15)23-19)13-7-4-3-5-8-13/h3-5,7-8,14H,2,6,9-11H2,1H3,(H,21,22). The van der Waals surface area contributed by atoms with Crippen molar-refractivity contribution in [2.24, 2.45) is 0 Å². The Bertz CT molecular complexity index is 743. The molecule has 1 aromatic carbocycles. The van der Waals surface area contributed by atoms with E-state index >= 15 is 0 Å². The van der Waals surface area contributed by atoms with Gasteiger partial charge in [0.2, 0.25) is 5.91 Å². The van der Waals surface area contributed by atoms with E-state index < -0.39 is 0 Å². The molecule has 118 valence electrons. The van der Waals surface area contributed by atoms with Crippen molar-refractivity contribution in [2.75, 3.05) is 5.32 Å². The van der Waals surface area contributed by atoms with Crippen molar-refractivity contribution >= 4 is 22.2 Å². The molecule has 0 aliphatic heterocycles. The SMILES string of the molecule is CCCC(=O)Nc1sc2c(c1C#N)CCC(c1ccccc1)C2. The Labute approximate surface area is 141 Å². The van der Waals surface area contributed by atoms with Crippen LogP contribution in [0.15, 0.2) is 30.3 Å². The van der Waals surface area contributed by atoms with Gasteiger partial charge in [0.1, 0.15) is 11.1 Å². The number of thiophene rings is 1. The summed E-state index contributed by atoms with van der Waals surface area (Å²) in [6.07, 6.45) is 4.25. The molecule has 0 saturated carbocycles. The summed E-state index contributed by atoms with van der Waals surface area (Å²) < 4.78 is 0. The van der Waals surface area contributed by atoms with Crippen LogP contribution < -0.4 is 5.32 Å². The molecule has 1 amide bonds. The van der Waals surface area contributed by atoms with Crippen LogP contribution in [0.1, 0.15) is 53.7 Å². The van der Waals surface area contributed by atoms with Gasteiger partial charge in [-0.05, 0) is 42.7 Å². The third-order valence-electron chi connectivity index (χ3n) is 4.38. The van der Waals surface area contributed by atoms with Crippen LogP contribution in [0.4, 0.5) is 5.00 Å². The van der Waals surface area contributed by atoms with Crippen LogP contribution in [0.25, 0.3) is 0 Å².